The standard InChI is InChI=1S/C26H33NO11/c1-3-16-17(9-8-15-6-4-10-27(12-15)11-5-7-20(29)30)18(24(34)35-2)14-36-25(16)38-26-23(33)22(32)21(31)19(13-28)37-26/h3-4,6,8-10,12,14,16-17,19,21-23,25-26,28,31-33H,1,5,7,11,13H2,2H3/p+1/b9-8+/t16-,17+,19-,21-,22+,23-,25+,26+/m1/s1. The molecule has 0 aromatic carbocycles. The number of carboxylic acids is 1. The van der Waals surface area contributed by atoms with E-state index >= 15 is 0 Å². The number of carbonyl (C=O) groups is 2. The van der Waals surface area contributed by atoms with Crippen molar-refractivity contribution in [1.82, 2.24) is 0 Å². The molecule has 2 aliphatic heterocycles. The van der Waals surface area contributed by atoms with Crippen molar-refractivity contribution < 1.29 is 58.6 Å². The van der Waals surface area contributed by atoms with Gasteiger partial charge >= 0.3 is 11.9 Å². The van der Waals surface area contributed by atoms with Gasteiger partial charge in [0.05, 0.1) is 37.9 Å². The zero-order valence-electron chi connectivity index (χ0n) is 20.9. The molecule has 12 nitrogen and oxygen atoms in total. The molecule has 12 heteroatoms. The van der Waals surface area contributed by atoms with Crippen molar-refractivity contribution >= 4 is 18.0 Å². The van der Waals surface area contributed by atoms with Crippen molar-refractivity contribution in [3.63, 3.8) is 0 Å². The summed E-state index contributed by atoms with van der Waals surface area (Å²) in [7, 11) is 1.24. The van der Waals surface area contributed by atoms with Gasteiger partial charge in [0.15, 0.2) is 18.7 Å². The Morgan fingerprint density at radius 2 is 1.95 bits per heavy atom. The van der Waals surface area contributed by atoms with E-state index < -0.39 is 67.4 Å². The van der Waals surface area contributed by atoms with Gasteiger partial charge in [-0.15, -0.1) is 6.58 Å². The van der Waals surface area contributed by atoms with E-state index in [4.69, 9.17) is 24.1 Å². The molecule has 2 aliphatic rings. The predicted octanol–water partition coefficient (Wildman–Crippen LogP) is -0.500. The first-order valence-electron chi connectivity index (χ1n) is 12.1. The Morgan fingerprint density at radius 1 is 1.18 bits per heavy atom. The third kappa shape index (κ3) is 7.04. The van der Waals surface area contributed by atoms with Crippen LogP contribution in [0.5, 0.6) is 0 Å². The lowest BCUT2D eigenvalue weighted by Gasteiger charge is -2.42. The Kier molecular flexibility index (Phi) is 10.5. The summed E-state index contributed by atoms with van der Waals surface area (Å²) in [4.78, 5) is 23.3. The summed E-state index contributed by atoms with van der Waals surface area (Å²) >= 11 is 0. The van der Waals surface area contributed by atoms with E-state index in [1.807, 2.05) is 29.1 Å². The minimum absolute atomic E-state index is 0.0548. The van der Waals surface area contributed by atoms with Crippen molar-refractivity contribution in [3.8, 4) is 0 Å². The molecule has 0 spiro atoms. The molecule has 0 saturated carbocycles. The fourth-order valence-corrected chi connectivity index (χ4v) is 4.32. The van der Waals surface area contributed by atoms with Crippen LogP contribution in [0.25, 0.3) is 6.08 Å². The summed E-state index contributed by atoms with van der Waals surface area (Å²) in [6, 6.07) is 3.66. The summed E-state index contributed by atoms with van der Waals surface area (Å²) in [6.45, 7) is 3.73. The quantitative estimate of drug-likeness (QED) is 0.140. The van der Waals surface area contributed by atoms with Crippen LogP contribution < -0.4 is 4.57 Å². The molecule has 0 amide bonds. The number of aliphatic hydroxyl groups excluding tert-OH is 4. The highest BCUT2D eigenvalue weighted by molar-refractivity contribution is 5.89. The highest BCUT2D eigenvalue weighted by Crippen LogP contribution is 2.36. The highest BCUT2D eigenvalue weighted by Gasteiger charge is 2.47. The van der Waals surface area contributed by atoms with Gasteiger partial charge in [-0.1, -0.05) is 18.2 Å². The van der Waals surface area contributed by atoms with E-state index in [0.29, 0.717) is 13.0 Å². The number of esters is 1. The molecular formula is C26H34NO11+. The zero-order chi connectivity index (χ0) is 27.8. The molecule has 1 saturated heterocycles. The van der Waals surface area contributed by atoms with E-state index in [1.54, 1.807) is 12.2 Å². The van der Waals surface area contributed by atoms with Gasteiger partial charge in [0.1, 0.15) is 31.0 Å². The van der Waals surface area contributed by atoms with Gasteiger partial charge in [0, 0.05) is 24.0 Å². The molecule has 0 bridgehead atoms. The van der Waals surface area contributed by atoms with Crippen molar-refractivity contribution in [2.45, 2.75) is 56.4 Å². The van der Waals surface area contributed by atoms with Crippen molar-refractivity contribution in [2.24, 2.45) is 11.8 Å². The van der Waals surface area contributed by atoms with Gasteiger partial charge in [-0.25, -0.2) is 9.36 Å². The Morgan fingerprint density at radius 3 is 2.61 bits per heavy atom. The first-order valence-corrected chi connectivity index (χ1v) is 12.1. The molecule has 0 unspecified atom stereocenters. The number of allylic oxidation sites excluding steroid dienone is 1. The molecule has 1 aromatic rings. The van der Waals surface area contributed by atoms with Crippen LogP contribution in [0.2, 0.25) is 0 Å². The Balaban J connectivity index is 1.82. The topological polar surface area (TPSA) is 176 Å². The maximum atomic E-state index is 12.5. The highest BCUT2D eigenvalue weighted by atomic mass is 16.8. The van der Waals surface area contributed by atoms with Crippen LogP contribution >= 0.6 is 0 Å². The molecule has 5 N–H and O–H groups in total. The van der Waals surface area contributed by atoms with Crippen LogP contribution in [-0.2, 0) is 35.1 Å². The Hall–Kier alpha value is -3.13. The van der Waals surface area contributed by atoms with Gasteiger partial charge in [-0.2, -0.15) is 0 Å². The first-order chi connectivity index (χ1) is 18.2. The van der Waals surface area contributed by atoms with E-state index in [-0.39, 0.29) is 12.0 Å². The maximum Gasteiger partial charge on any atom is 0.337 e. The lowest BCUT2D eigenvalue weighted by atomic mass is 9.83. The number of ether oxygens (including phenoxy) is 4. The lowest BCUT2D eigenvalue weighted by molar-refractivity contribution is -0.697. The molecular weight excluding hydrogens is 502 g/mol. The van der Waals surface area contributed by atoms with E-state index in [2.05, 4.69) is 6.58 Å². The average molecular weight is 537 g/mol. The first kappa shape index (κ1) is 29.4. The van der Waals surface area contributed by atoms with Crippen LogP contribution in [0.15, 0.2) is 55.1 Å². The molecule has 1 aromatic heterocycles. The van der Waals surface area contributed by atoms with Crippen molar-refractivity contribution in [3.05, 3.63) is 60.7 Å². The smallest absolute Gasteiger partial charge is 0.337 e. The largest absolute Gasteiger partial charge is 0.481 e. The molecule has 8 atom stereocenters. The number of carbonyl (C=O) groups excluding carboxylic acids is 1. The molecule has 1 fully saturated rings. The molecule has 208 valence electrons. The van der Waals surface area contributed by atoms with Crippen LogP contribution in [-0.4, -0.2) is 88.2 Å². The number of aryl methyl sites for hydroxylation is 1. The third-order valence-electron chi connectivity index (χ3n) is 6.41. The number of aromatic nitrogens is 1. The van der Waals surface area contributed by atoms with E-state index in [9.17, 15) is 30.0 Å². The molecule has 38 heavy (non-hydrogen) atoms. The van der Waals surface area contributed by atoms with Crippen molar-refractivity contribution in [2.75, 3.05) is 13.7 Å². The predicted molar refractivity (Wildman–Crippen MR) is 130 cm³/mol. The fraction of sp³-hybridized carbons (Fsp3) is 0.500. The summed E-state index contributed by atoms with van der Waals surface area (Å²) in [6.07, 6.45) is 1.87. The van der Waals surface area contributed by atoms with Crippen LogP contribution in [0, 0.1) is 11.8 Å². The summed E-state index contributed by atoms with van der Waals surface area (Å²) in [5.41, 5.74) is 0.973. The number of methoxy groups -OCH3 is 1. The lowest BCUT2D eigenvalue weighted by Crippen LogP contribution is -2.60. The minimum Gasteiger partial charge on any atom is -0.481 e. The normalized spacial score (nSPS) is 31.3. The van der Waals surface area contributed by atoms with Gasteiger partial charge < -0.3 is 44.5 Å². The van der Waals surface area contributed by atoms with E-state index in [1.165, 1.54) is 19.4 Å². The maximum absolute atomic E-state index is 12.5. The van der Waals surface area contributed by atoms with Crippen LogP contribution in [0.1, 0.15) is 18.4 Å². The summed E-state index contributed by atoms with van der Waals surface area (Å²) in [5.74, 6) is -2.80. The number of aliphatic hydroxyl groups is 4. The minimum atomic E-state index is -1.64. The summed E-state index contributed by atoms with van der Waals surface area (Å²) in [5, 5.41) is 48.8. The fourth-order valence-electron chi connectivity index (χ4n) is 4.32. The number of rotatable bonds is 11. The van der Waals surface area contributed by atoms with Gasteiger partial charge in [0.2, 0.25) is 6.29 Å². The molecule has 3 rings (SSSR count). The number of carboxylic acid groups (broad SMARTS) is 1. The second-order valence-electron chi connectivity index (χ2n) is 8.97. The number of nitrogens with zero attached hydrogens (tertiary/aromatic N) is 1. The zero-order valence-corrected chi connectivity index (χ0v) is 20.9. The Labute approximate surface area is 219 Å². The number of aliphatic carboxylic acids is 1. The van der Waals surface area contributed by atoms with Crippen LogP contribution in [0.3, 0.4) is 0 Å². The third-order valence-corrected chi connectivity index (χ3v) is 6.41. The second kappa shape index (κ2) is 13.6. The molecule has 0 aliphatic carbocycles. The Bertz CT molecular complexity index is 1040. The SMILES string of the molecule is C=C[C@H]1[C@H](O[C@@H]2O[C@H](CO)[C@@H](O)[C@H](O)[C@H]2O)OC=C(C(=O)OC)[C@H]1/C=C/c1ccc[n+](CCCC(=O)O)c1. The monoisotopic (exact) mass is 536 g/mol. The van der Waals surface area contributed by atoms with Gasteiger partial charge in [0.25, 0.3) is 0 Å². The van der Waals surface area contributed by atoms with Crippen molar-refractivity contribution in [1.29, 1.82) is 0 Å². The number of hydrogen-bond donors (Lipinski definition) is 5. The second-order valence-corrected chi connectivity index (χ2v) is 8.97. The van der Waals surface area contributed by atoms with Crippen LogP contribution in [0.4, 0.5) is 0 Å². The van der Waals surface area contributed by atoms with Gasteiger partial charge in [-0.05, 0) is 6.07 Å². The number of hydrogen-bond acceptors (Lipinski definition) is 10. The number of pyridine rings is 1. The average Bonchev–Trinajstić information content (AvgIpc) is 2.91. The summed E-state index contributed by atoms with van der Waals surface area (Å²) < 4.78 is 23.6. The van der Waals surface area contributed by atoms with Gasteiger partial charge in [-0.3, -0.25) is 4.79 Å². The van der Waals surface area contributed by atoms with E-state index in [0.717, 1.165) is 5.56 Å². The molecule has 0 radical (unpaired) electrons. The molecule has 3 heterocycles.